The first kappa shape index (κ1) is 31.4. The fraction of sp³-hybridized carbons (Fsp3) is 0.703. The Kier molecular flexibility index (Phi) is 8.71. The van der Waals surface area contributed by atoms with Crippen LogP contribution in [0.1, 0.15) is 97.1 Å². The highest BCUT2D eigenvalue weighted by atomic mass is 79.9. The van der Waals surface area contributed by atoms with Crippen molar-refractivity contribution in [1.29, 1.82) is 0 Å². The Bertz CT molecular complexity index is 1310. The monoisotopic (exact) mass is 652 g/mol. The minimum Gasteiger partial charge on any atom is -1.00 e. The number of rotatable bonds is 7. The third kappa shape index (κ3) is 5.35. The molecule has 0 radical (unpaired) electrons. The SMILES string of the molecule is COc1ccc(C[n+]2ccn([C@H](C)CC[C@H]3OC4C[C@H]5[C@@H]6CC=C7CC(O)CC[C@]7(C)[C@H]6CC[C@]5(C)C4[C@@H]3C)c2)cc1.[Br-]. The predicted octanol–water partition coefficient (Wildman–Crippen LogP) is 4.13. The number of imidazole rings is 1. The number of methoxy groups -OCH3 is 1. The van der Waals surface area contributed by atoms with E-state index in [0.29, 0.717) is 40.9 Å². The molecule has 5 aliphatic rings. The highest BCUT2D eigenvalue weighted by Crippen LogP contribution is 2.69. The second-order valence-corrected chi connectivity index (χ2v) is 15.3. The first-order chi connectivity index (χ1) is 20.2. The predicted molar refractivity (Wildman–Crippen MR) is 165 cm³/mol. The quantitative estimate of drug-likeness (QED) is 0.362. The molecule has 1 aromatic carbocycles. The molecule has 0 bridgehead atoms. The molecular weight excluding hydrogens is 600 g/mol. The molecule has 1 aliphatic heterocycles. The van der Waals surface area contributed by atoms with Gasteiger partial charge in [0.05, 0.1) is 31.5 Å². The summed E-state index contributed by atoms with van der Waals surface area (Å²) in [5.41, 5.74) is 3.59. The maximum atomic E-state index is 10.4. The topological polar surface area (TPSA) is 47.5 Å². The van der Waals surface area contributed by atoms with Gasteiger partial charge >= 0.3 is 0 Å². The maximum absolute atomic E-state index is 10.4. The van der Waals surface area contributed by atoms with Gasteiger partial charge in [0.15, 0.2) is 0 Å². The normalized spacial score (nSPS) is 40.4. The van der Waals surface area contributed by atoms with Gasteiger partial charge in [-0.15, -0.1) is 0 Å². The molecule has 7 rings (SSSR count). The van der Waals surface area contributed by atoms with E-state index in [4.69, 9.17) is 9.47 Å². The Balaban J connectivity index is 0.00000329. The number of aliphatic hydroxyl groups is 1. The van der Waals surface area contributed by atoms with E-state index >= 15 is 0 Å². The van der Waals surface area contributed by atoms with Gasteiger partial charge in [-0.3, -0.25) is 0 Å². The molecular formula is C37H53BrN2O3. The van der Waals surface area contributed by atoms with Crippen LogP contribution in [0.5, 0.6) is 5.75 Å². The second-order valence-electron chi connectivity index (χ2n) is 15.3. The Morgan fingerprint density at radius 3 is 2.70 bits per heavy atom. The number of benzene rings is 1. The molecule has 0 amide bonds. The van der Waals surface area contributed by atoms with Gasteiger partial charge in [-0.1, -0.05) is 44.6 Å². The Morgan fingerprint density at radius 1 is 1.14 bits per heavy atom. The number of aromatic nitrogens is 2. The van der Waals surface area contributed by atoms with Crippen molar-refractivity contribution in [2.75, 3.05) is 7.11 Å². The molecule has 3 saturated carbocycles. The number of halogens is 1. The van der Waals surface area contributed by atoms with Gasteiger partial charge in [-0.25, -0.2) is 9.13 Å². The zero-order valence-electron chi connectivity index (χ0n) is 26.9. The van der Waals surface area contributed by atoms with E-state index in [-0.39, 0.29) is 23.1 Å². The summed E-state index contributed by atoms with van der Waals surface area (Å²) in [5.74, 6) is 4.62. The minimum atomic E-state index is -0.118. The minimum absolute atomic E-state index is 0. The zero-order chi connectivity index (χ0) is 29.2. The van der Waals surface area contributed by atoms with Crippen LogP contribution >= 0.6 is 0 Å². The number of fused-ring (bicyclic) bond motifs is 7. The molecule has 3 unspecified atom stereocenters. The van der Waals surface area contributed by atoms with Crippen LogP contribution in [0.2, 0.25) is 0 Å². The van der Waals surface area contributed by atoms with Crippen molar-refractivity contribution in [2.45, 2.75) is 116 Å². The number of hydrogen-bond donors (Lipinski definition) is 1. The standard InChI is InChI=1S/C37H53N2O3.BrH/c1-24(39-19-18-38(23-39)22-26-7-10-29(41-5)11-8-26)6-13-33-25(2)35-34(42-33)21-32-30-12-9-27-20-28(40)14-16-36(27,3)31(30)15-17-37(32,35)4;/h7-11,18-19,23-25,28,30-35,40H,6,12-17,20-22H2,1-5H3;1H/q+1;/p-1/t24-,25-,28?,30-,31+,32+,33-,34?,35?,36+,37+;/m1./s1. The van der Waals surface area contributed by atoms with E-state index in [1.165, 1.54) is 37.7 Å². The lowest BCUT2D eigenvalue weighted by Gasteiger charge is -2.58. The first-order valence-electron chi connectivity index (χ1n) is 16.9. The molecule has 0 spiro atoms. The zero-order valence-corrected chi connectivity index (χ0v) is 28.5. The van der Waals surface area contributed by atoms with Crippen LogP contribution in [-0.2, 0) is 11.3 Å². The largest absolute Gasteiger partial charge is 1.00 e. The molecule has 11 atom stereocenters. The number of hydrogen-bond acceptors (Lipinski definition) is 3. The van der Waals surface area contributed by atoms with Crippen LogP contribution in [0.15, 0.2) is 54.6 Å². The van der Waals surface area contributed by atoms with Gasteiger partial charge in [0.1, 0.15) is 24.7 Å². The van der Waals surface area contributed by atoms with Crippen LogP contribution in [0.25, 0.3) is 0 Å². The molecule has 1 saturated heterocycles. The van der Waals surface area contributed by atoms with Crippen molar-refractivity contribution < 1.29 is 36.1 Å². The average molecular weight is 654 g/mol. The van der Waals surface area contributed by atoms with E-state index in [0.717, 1.165) is 55.7 Å². The average Bonchev–Trinajstić information content (AvgIpc) is 3.66. The van der Waals surface area contributed by atoms with Gasteiger partial charge in [0.2, 0.25) is 6.33 Å². The van der Waals surface area contributed by atoms with Crippen LogP contribution < -0.4 is 26.3 Å². The van der Waals surface area contributed by atoms with E-state index < -0.39 is 0 Å². The maximum Gasteiger partial charge on any atom is 0.244 e. The van der Waals surface area contributed by atoms with Crippen molar-refractivity contribution in [1.82, 2.24) is 4.57 Å². The Labute approximate surface area is 269 Å². The third-order valence-electron chi connectivity index (χ3n) is 13.3. The van der Waals surface area contributed by atoms with Crippen molar-refractivity contribution in [3.05, 3.63) is 60.2 Å². The van der Waals surface area contributed by atoms with Gasteiger partial charge in [-0.2, -0.15) is 0 Å². The molecule has 43 heavy (non-hydrogen) atoms. The molecule has 2 heterocycles. The third-order valence-corrected chi connectivity index (χ3v) is 13.3. The molecule has 1 N–H and O–H groups in total. The molecule has 2 aromatic rings. The second kappa shape index (κ2) is 11.9. The highest BCUT2D eigenvalue weighted by Gasteiger charge is 2.64. The first-order valence-corrected chi connectivity index (χ1v) is 16.9. The van der Waals surface area contributed by atoms with Crippen LogP contribution in [-0.4, -0.2) is 35.1 Å². The van der Waals surface area contributed by atoms with E-state index in [2.05, 4.69) is 73.8 Å². The number of ether oxygens (including phenoxy) is 2. The molecule has 1 aromatic heterocycles. The fourth-order valence-corrected chi connectivity index (χ4v) is 10.9. The van der Waals surface area contributed by atoms with Crippen molar-refractivity contribution in [3.8, 4) is 5.75 Å². The highest BCUT2D eigenvalue weighted by molar-refractivity contribution is 5.27. The molecule has 236 valence electrons. The summed E-state index contributed by atoms with van der Waals surface area (Å²) in [7, 11) is 1.71. The van der Waals surface area contributed by atoms with E-state index in [1.807, 2.05) is 12.1 Å². The summed E-state index contributed by atoms with van der Waals surface area (Å²) in [6.45, 7) is 10.9. The molecule has 4 aliphatic carbocycles. The van der Waals surface area contributed by atoms with Crippen molar-refractivity contribution in [3.63, 3.8) is 0 Å². The van der Waals surface area contributed by atoms with Crippen LogP contribution in [0, 0.1) is 40.4 Å². The smallest absolute Gasteiger partial charge is 0.244 e. The van der Waals surface area contributed by atoms with E-state index in [1.54, 1.807) is 12.7 Å². The molecule has 6 heteroatoms. The summed E-state index contributed by atoms with van der Waals surface area (Å²) in [6.07, 6.45) is 20.5. The fourth-order valence-electron chi connectivity index (χ4n) is 10.9. The van der Waals surface area contributed by atoms with Gasteiger partial charge < -0.3 is 31.6 Å². The summed E-state index contributed by atoms with van der Waals surface area (Å²) in [5, 5.41) is 10.4. The van der Waals surface area contributed by atoms with Gasteiger partial charge in [-0.05, 0) is 123 Å². The Morgan fingerprint density at radius 2 is 1.93 bits per heavy atom. The van der Waals surface area contributed by atoms with Gasteiger partial charge in [0, 0.05) is 0 Å². The number of allylic oxidation sites excluding steroid dienone is 1. The van der Waals surface area contributed by atoms with Gasteiger partial charge in [0.25, 0.3) is 0 Å². The van der Waals surface area contributed by atoms with Crippen molar-refractivity contribution >= 4 is 0 Å². The van der Waals surface area contributed by atoms with Crippen LogP contribution in [0.3, 0.4) is 0 Å². The molecule has 4 fully saturated rings. The lowest BCUT2D eigenvalue weighted by molar-refractivity contribution is -0.688. The number of aliphatic hydroxyl groups excluding tert-OH is 1. The lowest BCUT2D eigenvalue weighted by Crippen LogP contribution is -3.00. The summed E-state index contributed by atoms with van der Waals surface area (Å²) in [6, 6.07) is 8.81. The number of nitrogens with zero attached hydrogens (tertiary/aromatic N) is 2. The summed E-state index contributed by atoms with van der Waals surface area (Å²) < 4.78 is 16.9. The molecule has 5 nitrogen and oxygen atoms in total. The lowest BCUT2D eigenvalue weighted by atomic mass is 9.47. The van der Waals surface area contributed by atoms with Crippen molar-refractivity contribution in [2.24, 2.45) is 40.4 Å². The summed E-state index contributed by atoms with van der Waals surface area (Å²) >= 11 is 0. The summed E-state index contributed by atoms with van der Waals surface area (Å²) in [4.78, 5) is 0. The van der Waals surface area contributed by atoms with E-state index in [9.17, 15) is 5.11 Å². The Hall–Kier alpha value is -1.63. The van der Waals surface area contributed by atoms with Crippen LogP contribution in [0.4, 0.5) is 0 Å².